The number of nitrogens with zero attached hydrogens (tertiary/aromatic N) is 3. The van der Waals surface area contributed by atoms with Gasteiger partial charge < -0.3 is 10.2 Å². The molecular formula is C23H23F3N4O2. The lowest BCUT2D eigenvalue weighted by Gasteiger charge is -2.22. The monoisotopic (exact) mass is 444 g/mol. The number of anilines is 1. The third-order valence-corrected chi connectivity index (χ3v) is 5.55. The Bertz CT molecular complexity index is 1050. The highest BCUT2D eigenvalue weighted by molar-refractivity contribution is 6.03. The summed E-state index contributed by atoms with van der Waals surface area (Å²) in [6.07, 6.45) is -1.38. The number of benzene rings is 2. The number of fused-ring (bicyclic) bond motifs is 1. The van der Waals surface area contributed by atoms with Gasteiger partial charge in [-0.3, -0.25) is 9.59 Å². The molecule has 0 radical (unpaired) electrons. The maximum Gasteiger partial charge on any atom is 0.418 e. The van der Waals surface area contributed by atoms with Gasteiger partial charge in [0.1, 0.15) is 0 Å². The summed E-state index contributed by atoms with van der Waals surface area (Å²) in [7, 11) is 0. The topological polar surface area (TPSA) is 74.1 Å². The van der Waals surface area contributed by atoms with Crippen LogP contribution in [0.25, 0.3) is 0 Å². The Morgan fingerprint density at radius 1 is 1.16 bits per heavy atom. The second-order valence-corrected chi connectivity index (χ2v) is 8.12. The van der Waals surface area contributed by atoms with Crippen LogP contribution in [0.15, 0.2) is 52.7 Å². The highest BCUT2D eigenvalue weighted by Gasteiger charge is 2.40. The molecule has 2 aliphatic rings. The number of amides is 2. The van der Waals surface area contributed by atoms with E-state index in [4.69, 9.17) is 0 Å². The van der Waals surface area contributed by atoms with E-state index in [0.717, 1.165) is 31.9 Å². The van der Waals surface area contributed by atoms with Crippen molar-refractivity contribution in [2.45, 2.75) is 38.4 Å². The predicted molar refractivity (Wildman–Crippen MR) is 113 cm³/mol. The van der Waals surface area contributed by atoms with Gasteiger partial charge in [0.05, 0.1) is 16.9 Å². The highest BCUT2D eigenvalue weighted by Crippen LogP contribution is 2.43. The molecule has 1 saturated carbocycles. The summed E-state index contributed by atoms with van der Waals surface area (Å²) >= 11 is 0. The lowest BCUT2D eigenvalue weighted by Crippen LogP contribution is -2.33. The fourth-order valence-corrected chi connectivity index (χ4v) is 3.76. The van der Waals surface area contributed by atoms with Gasteiger partial charge in [0.15, 0.2) is 6.04 Å². The molecule has 0 saturated heterocycles. The number of alkyl halides is 3. The third-order valence-electron chi connectivity index (χ3n) is 5.55. The summed E-state index contributed by atoms with van der Waals surface area (Å²) in [4.78, 5) is 26.9. The van der Waals surface area contributed by atoms with E-state index in [1.54, 1.807) is 24.3 Å². The van der Waals surface area contributed by atoms with Crippen LogP contribution in [-0.4, -0.2) is 29.8 Å². The van der Waals surface area contributed by atoms with Crippen molar-refractivity contribution in [1.29, 1.82) is 0 Å². The molecule has 4 rings (SSSR count). The Morgan fingerprint density at radius 3 is 2.50 bits per heavy atom. The SMILES string of the molecule is CCCN(CC1CC1)C(=O)c1ccc(N=N[C@H]2C(=O)Nc3c2cccc3C(F)(F)F)cc1. The molecular weight excluding hydrogens is 421 g/mol. The standard InChI is InChI=1S/C23H23F3N4O2/c1-2-12-30(13-14-6-7-14)22(32)15-8-10-16(11-9-15)28-29-20-17-4-3-5-18(23(24,25)26)19(17)27-21(20)31/h3-5,8-11,14,20H,2,6-7,12-13H2,1H3,(H,27,31)/t20-/m1/s1. The van der Waals surface area contributed by atoms with Gasteiger partial charge >= 0.3 is 6.18 Å². The molecule has 6 nitrogen and oxygen atoms in total. The molecule has 168 valence electrons. The average molecular weight is 444 g/mol. The number of hydrogen-bond acceptors (Lipinski definition) is 4. The Kier molecular flexibility index (Phi) is 5.99. The van der Waals surface area contributed by atoms with Gasteiger partial charge in [0.2, 0.25) is 0 Å². The third kappa shape index (κ3) is 4.66. The van der Waals surface area contributed by atoms with Gasteiger partial charge in [-0.2, -0.15) is 23.4 Å². The van der Waals surface area contributed by atoms with Gasteiger partial charge in [0.25, 0.3) is 11.8 Å². The van der Waals surface area contributed by atoms with Crippen molar-refractivity contribution >= 4 is 23.2 Å². The van der Waals surface area contributed by atoms with Gasteiger partial charge in [-0.05, 0) is 55.5 Å². The summed E-state index contributed by atoms with van der Waals surface area (Å²) in [5.41, 5.74) is -0.111. The van der Waals surface area contributed by atoms with Crippen LogP contribution in [0, 0.1) is 5.92 Å². The molecule has 1 aliphatic carbocycles. The number of hydrogen-bond donors (Lipinski definition) is 1. The molecule has 1 fully saturated rings. The summed E-state index contributed by atoms with van der Waals surface area (Å²) in [6, 6.07) is 8.94. The molecule has 1 aliphatic heterocycles. The van der Waals surface area contributed by atoms with Crippen molar-refractivity contribution in [3.8, 4) is 0 Å². The average Bonchev–Trinajstić information content (AvgIpc) is 3.51. The Labute approximate surface area is 183 Å². The molecule has 2 aromatic carbocycles. The quantitative estimate of drug-likeness (QED) is 0.553. The van der Waals surface area contributed by atoms with Crippen molar-refractivity contribution in [2.24, 2.45) is 16.1 Å². The van der Waals surface area contributed by atoms with Crippen molar-refractivity contribution in [2.75, 3.05) is 18.4 Å². The van der Waals surface area contributed by atoms with Gasteiger partial charge in [-0.1, -0.05) is 19.1 Å². The van der Waals surface area contributed by atoms with E-state index in [1.807, 2.05) is 11.8 Å². The lowest BCUT2D eigenvalue weighted by atomic mass is 10.0. The van der Waals surface area contributed by atoms with E-state index in [9.17, 15) is 22.8 Å². The van der Waals surface area contributed by atoms with Crippen molar-refractivity contribution in [1.82, 2.24) is 4.90 Å². The van der Waals surface area contributed by atoms with Crippen molar-refractivity contribution < 1.29 is 22.8 Å². The molecule has 1 atom stereocenters. The number of azo groups is 1. The molecule has 2 aromatic rings. The maximum absolute atomic E-state index is 13.2. The smallest absolute Gasteiger partial charge is 0.338 e. The summed E-state index contributed by atoms with van der Waals surface area (Å²) < 4.78 is 39.6. The van der Waals surface area contributed by atoms with Crippen LogP contribution in [0.3, 0.4) is 0 Å². The van der Waals surface area contributed by atoms with E-state index in [0.29, 0.717) is 23.7 Å². The lowest BCUT2D eigenvalue weighted by molar-refractivity contribution is -0.136. The van der Waals surface area contributed by atoms with Crippen LogP contribution in [0.2, 0.25) is 0 Å². The number of nitrogens with one attached hydrogen (secondary N) is 1. The highest BCUT2D eigenvalue weighted by atomic mass is 19.4. The molecule has 32 heavy (non-hydrogen) atoms. The van der Waals surface area contributed by atoms with Crippen molar-refractivity contribution in [3.63, 3.8) is 0 Å². The normalized spacial score (nSPS) is 18.0. The van der Waals surface area contributed by atoms with E-state index in [-0.39, 0.29) is 17.2 Å². The zero-order valence-electron chi connectivity index (χ0n) is 17.5. The second-order valence-electron chi connectivity index (χ2n) is 8.12. The summed E-state index contributed by atoms with van der Waals surface area (Å²) in [6.45, 7) is 3.50. The van der Waals surface area contributed by atoms with E-state index in [1.165, 1.54) is 12.1 Å². The zero-order chi connectivity index (χ0) is 22.9. The molecule has 1 N–H and O–H groups in total. The van der Waals surface area contributed by atoms with E-state index in [2.05, 4.69) is 15.5 Å². The number of halogens is 3. The second kappa shape index (κ2) is 8.72. The molecule has 0 unspecified atom stereocenters. The first-order chi connectivity index (χ1) is 15.3. The first-order valence-electron chi connectivity index (χ1n) is 10.6. The van der Waals surface area contributed by atoms with E-state index < -0.39 is 23.7 Å². The largest absolute Gasteiger partial charge is 0.418 e. The fraction of sp³-hybridized carbons (Fsp3) is 0.391. The molecule has 2 amide bonds. The van der Waals surface area contributed by atoms with E-state index >= 15 is 0 Å². The minimum atomic E-state index is -4.59. The Morgan fingerprint density at radius 2 is 1.88 bits per heavy atom. The van der Waals surface area contributed by atoms with Crippen LogP contribution in [-0.2, 0) is 11.0 Å². The van der Waals surface area contributed by atoms with Crippen LogP contribution in [0.4, 0.5) is 24.5 Å². The first-order valence-corrected chi connectivity index (χ1v) is 10.6. The van der Waals surface area contributed by atoms with Crippen LogP contribution >= 0.6 is 0 Å². The molecule has 0 bridgehead atoms. The zero-order valence-corrected chi connectivity index (χ0v) is 17.5. The van der Waals surface area contributed by atoms with Gasteiger partial charge in [-0.15, -0.1) is 0 Å². The fourth-order valence-electron chi connectivity index (χ4n) is 3.76. The van der Waals surface area contributed by atoms with Crippen LogP contribution in [0.1, 0.15) is 53.7 Å². The van der Waals surface area contributed by atoms with Gasteiger partial charge in [-0.25, -0.2) is 0 Å². The molecule has 9 heteroatoms. The first kappa shape index (κ1) is 22.0. The molecule has 0 aromatic heterocycles. The number of carbonyl (C=O) groups is 2. The molecule has 0 spiro atoms. The summed E-state index contributed by atoms with van der Waals surface area (Å²) in [5.74, 6) is -0.106. The minimum Gasteiger partial charge on any atom is -0.338 e. The number of carbonyl (C=O) groups excluding carboxylic acids is 2. The molecule has 1 heterocycles. The van der Waals surface area contributed by atoms with Crippen molar-refractivity contribution in [3.05, 3.63) is 59.2 Å². The Hall–Kier alpha value is -3.23. The maximum atomic E-state index is 13.2. The van der Waals surface area contributed by atoms with Crippen LogP contribution < -0.4 is 5.32 Å². The van der Waals surface area contributed by atoms with Gasteiger partial charge in [0, 0.05) is 24.2 Å². The summed E-state index contributed by atoms with van der Waals surface area (Å²) in [5, 5.41) is 10.3. The van der Waals surface area contributed by atoms with Crippen LogP contribution in [0.5, 0.6) is 0 Å². The number of para-hydroxylation sites is 1. The predicted octanol–water partition coefficient (Wildman–Crippen LogP) is 5.74. The minimum absolute atomic E-state index is 0.0361. The number of rotatable bonds is 7. The Balaban J connectivity index is 1.49.